The number of aromatic nitrogens is 2. The second-order valence-corrected chi connectivity index (χ2v) is 4.75. The van der Waals surface area contributed by atoms with Gasteiger partial charge in [0, 0.05) is 12.6 Å². The monoisotopic (exact) mass is 243 g/mol. The first-order chi connectivity index (χ1) is 8.67. The molecule has 2 rings (SSSR count). The largest absolute Gasteiger partial charge is 0.385 e. The lowest BCUT2D eigenvalue weighted by Gasteiger charge is -2.09. The van der Waals surface area contributed by atoms with Gasteiger partial charge in [0.15, 0.2) is 0 Å². The highest BCUT2D eigenvalue weighted by atomic mass is 15.1. The highest BCUT2D eigenvalue weighted by molar-refractivity contribution is 5.75. The molecule has 0 aliphatic rings. The van der Waals surface area contributed by atoms with Crippen molar-refractivity contribution in [2.75, 3.05) is 12.4 Å². The first-order valence-corrected chi connectivity index (χ1v) is 6.50. The summed E-state index contributed by atoms with van der Waals surface area (Å²) in [4.78, 5) is 0. The van der Waals surface area contributed by atoms with Gasteiger partial charge in [-0.15, -0.1) is 0 Å². The van der Waals surface area contributed by atoms with E-state index in [1.807, 2.05) is 14.0 Å². The molecule has 2 aromatic rings. The Morgan fingerprint density at radius 3 is 2.50 bits per heavy atom. The van der Waals surface area contributed by atoms with Crippen LogP contribution in [0.2, 0.25) is 0 Å². The van der Waals surface area contributed by atoms with Gasteiger partial charge < -0.3 is 5.32 Å². The van der Waals surface area contributed by atoms with Crippen molar-refractivity contribution in [1.29, 1.82) is 0 Å². The Morgan fingerprint density at radius 1 is 1.28 bits per heavy atom. The summed E-state index contributed by atoms with van der Waals surface area (Å²) in [6, 6.07) is 8.70. The van der Waals surface area contributed by atoms with E-state index >= 15 is 0 Å². The number of H-pyrrole nitrogens is 1. The summed E-state index contributed by atoms with van der Waals surface area (Å²) in [6.45, 7) is 6.50. The molecule has 0 spiro atoms. The Kier molecular flexibility index (Phi) is 3.70. The van der Waals surface area contributed by atoms with E-state index in [0.29, 0.717) is 5.92 Å². The number of rotatable bonds is 4. The standard InChI is InChI=1S/C15H21N3/c1-5-10(2)12-6-8-13(9-7-12)15-14(16-4)11(3)17-18-15/h6-10,16H,5H2,1-4H3,(H,17,18). The summed E-state index contributed by atoms with van der Waals surface area (Å²) in [7, 11) is 1.93. The minimum Gasteiger partial charge on any atom is -0.385 e. The van der Waals surface area contributed by atoms with Crippen molar-refractivity contribution in [3.63, 3.8) is 0 Å². The fraction of sp³-hybridized carbons (Fsp3) is 0.400. The third-order valence-electron chi connectivity index (χ3n) is 3.56. The molecule has 3 nitrogen and oxygen atoms in total. The molecular weight excluding hydrogens is 222 g/mol. The van der Waals surface area contributed by atoms with Gasteiger partial charge >= 0.3 is 0 Å². The van der Waals surface area contributed by atoms with Crippen LogP contribution >= 0.6 is 0 Å². The van der Waals surface area contributed by atoms with Gasteiger partial charge in [-0.1, -0.05) is 38.1 Å². The van der Waals surface area contributed by atoms with E-state index in [0.717, 1.165) is 22.6 Å². The van der Waals surface area contributed by atoms with E-state index in [-0.39, 0.29) is 0 Å². The number of aromatic amines is 1. The SMILES string of the molecule is CCC(C)c1ccc(-c2n[nH]c(C)c2NC)cc1. The first-order valence-electron chi connectivity index (χ1n) is 6.50. The maximum absolute atomic E-state index is 4.36. The molecule has 0 amide bonds. The molecule has 0 fully saturated rings. The van der Waals surface area contributed by atoms with Crippen LogP contribution in [0, 0.1) is 6.92 Å². The molecule has 0 saturated carbocycles. The van der Waals surface area contributed by atoms with Crippen molar-refractivity contribution < 1.29 is 0 Å². The van der Waals surface area contributed by atoms with Gasteiger partial charge in [-0.3, -0.25) is 5.10 Å². The number of anilines is 1. The molecule has 0 aliphatic carbocycles. The van der Waals surface area contributed by atoms with E-state index in [4.69, 9.17) is 0 Å². The molecule has 1 heterocycles. The van der Waals surface area contributed by atoms with Crippen LogP contribution in [0.3, 0.4) is 0 Å². The van der Waals surface area contributed by atoms with Crippen LogP contribution in [-0.2, 0) is 0 Å². The second kappa shape index (κ2) is 5.25. The molecular formula is C15H21N3. The minimum absolute atomic E-state index is 0.615. The van der Waals surface area contributed by atoms with Crippen molar-refractivity contribution in [2.45, 2.75) is 33.1 Å². The highest BCUT2D eigenvalue weighted by Gasteiger charge is 2.11. The molecule has 3 heteroatoms. The smallest absolute Gasteiger partial charge is 0.115 e. The fourth-order valence-corrected chi connectivity index (χ4v) is 2.15. The maximum atomic E-state index is 4.36. The van der Waals surface area contributed by atoms with Crippen LogP contribution in [-0.4, -0.2) is 17.2 Å². The Labute approximate surface area is 109 Å². The lowest BCUT2D eigenvalue weighted by atomic mass is 9.97. The maximum Gasteiger partial charge on any atom is 0.115 e. The number of nitrogens with zero attached hydrogens (tertiary/aromatic N) is 1. The van der Waals surface area contributed by atoms with Gasteiger partial charge in [0.25, 0.3) is 0 Å². The molecule has 2 N–H and O–H groups in total. The molecule has 0 radical (unpaired) electrons. The summed E-state index contributed by atoms with van der Waals surface area (Å²) < 4.78 is 0. The van der Waals surface area contributed by atoms with Crippen LogP contribution in [0.5, 0.6) is 0 Å². The van der Waals surface area contributed by atoms with E-state index in [9.17, 15) is 0 Å². The third-order valence-corrected chi connectivity index (χ3v) is 3.56. The molecule has 96 valence electrons. The van der Waals surface area contributed by atoms with Gasteiger partial charge in [-0.2, -0.15) is 5.10 Å². The summed E-state index contributed by atoms with van der Waals surface area (Å²) in [5, 5.41) is 10.6. The number of benzene rings is 1. The highest BCUT2D eigenvalue weighted by Crippen LogP contribution is 2.29. The summed E-state index contributed by atoms with van der Waals surface area (Å²) >= 11 is 0. The fourth-order valence-electron chi connectivity index (χ4n) is 2.15. The third kappa shape index (κ3) is 2.26. The van der Waals surface area contributed by atoms with E-state index in [1.54, 1.807) is 0 Å². The summed E-state index contributed by atoms with van der Waals surface area (Å²) in [5.74, 6) is 0.615. The molecule has 1 atom stereocenters. The molecule has 1 unspecified atom stereocenters. The van der Waals surface area contributed by atoms with Crippen LogP contribution in [0.1, 0.15) is 37.4 Å². The van der Waals surface area contributed by atoms with Crippen LogP contribution in [0.15, 0.2) is 24.3 Å². The predicted octanol–water partition coefficient (Wildman–Crippen LogP) is 3.94. The van der Waals surface area contributed by atoms with E-state index in [2.05, 4.69) is 53.6 Å². The van der Waals surface area contributed by atoms with Gasteiger partial charge in [0.05, 0.1) is 11.4 Å². The van der Waals surface area contributed by atoms with Crippen LogP contribution in [0.4, 0.5) is 5.69 Å². The summed E-state index contributed by atoms with van der Waals surface area (Å²) in [6.07, 6.45) is 1.17. The zero-order chi connectivity index (χ0) is 13.1. The van der Waals surface area contributed by atoms with E-state index in [1.165, 1.54) is 12.0 Å². The number of nitrogens with one attached hydrogen (secondary N) is 2. The number of hydrogen-bond acceptors (Lipinski definition) is 2. The van der Waals surface area contributed by atoms with Gasteiger partial charge in [-0.25, -0.2) is 0 Å². The van der Waals surface area contributed by atoms with Crippen molar-refractivity contribution in [2.24, 2.45) is 0 Å². The molecule has 0 aliphatic heterocycles. The quantitative estimate of drug-likeness (QED) is 0.854. The first kappa shape index (κ1) is 12.7. The normalized spacial score (nSPS) is 12.4. The molecule has 0 saturated heterocycles. The average molecular weight is 243 g/mol. The number of hydrogen-bond donors (Lipinski definition) is 2. The molecule has 1 aromatic heterocycles. The van der Waals surface area contributed by atoms with E-state index < -0.39 is 0 Å². The van der Waals surface area contributed by atoms with Crippen LogP contribution in [0.25, 0.3) is 11.3 Å². The Bertz CT molecular complexity index is 511. The molecule has 0 bridgehead atoms. The summed E-state index contributed by atoms with van der Waals surface area (Å²) in [5.41, 5.74) is 5.67. The van der Waals surface area contributed by atoms with Crippen molar-refractivity contribution in [1.82, 2.24) is 10.2 Å². The van der Waals surface area contributed by atoms with Crippen LogP contribution < -0.4 is 5.32 Å². The Balaban J connectivity index is 2.34. The van der Waals surface area contributed by atoms with Crippen molar-refractivity contribution in [3.8, 4) is 11.3 Å². The lowest BCUT2D eigenvalue weighted by molar-refractivity contribution is 0.734. The number of aryl methyl sites for hydroxylation is 1. The average Bonchev–Trinajstić information content (AvgIpc) is 2.79. The zero-order valence-corrected chi connectivity index (χ0v) is 11.5. The van der Waals surface area contributed by atoms with Gasteiger partial charge in [-0.05, 0) is 24.8 Å². The Hall–Kier alpha value is -1.77. The van der Waals surface area contributed by atoms with Gasteiger partial charge in [0.1, 0.15) is 5.69 Å². The minimum atomic E-state index is 0.615. The molecule has 18 heavy (non-hydrogen) atoms. The topological polar surface area (TPSA) is 40.7 Å². The second-order valence-electron chi connectivity index (χ2n) is 4.75. The Morgan fingerprint density at radius 2 is 1.94 bits per heavy atom. The molecule has 1 aromatic carbocycles. The van der Waals surface area contributed by atoms with Crippen molar-refractivity contribution >= 4 is 5.69 Å². The lowest BCUT2D eigenvalue weighted by Crippen LogP contribution is -1.93. The van der Waals surface area contributed by atoms with Crippen molar-refractivity contribution in [3.05, 3.63) is 35.5 Å². The predicted molar refractivity (Wildman–Crippen MR) is 77.0 cm³/mol. The zero-order valence-electron chi connectivity index (χ0n) is 11.5. The van der Waals surface area contributed by atoms with Gasteiger partial charge in [0.2, 0.25) is 0 Å².